The highest BCUT2D eigenvalue weighted by atomic mass is 35.5. The van der Waals surface area contributed by atoms with E-state index in [1.807, 2.05) is 26.8 Å². The van der Waals surface area contributed by atoms with Crippen molar-refractivity contribution < 1.29 is 9.32 Å². The molecule has 21 heavy (non-hydrogen) atoms. The van der Waals surface area contributed by atoms with E-state index in [1.165, 1.54) is 6.08 Å². The molecule has 2 aromatic rings. The van der Waals surface area contributed by atoms with E-state index in [0.717, 1.165) is 5.76 Å². The molecule has 0 aliphatic carbocycles. The summed E-state index contributed by atoms with van der Waals surface area (Å²) in [6, 6.07) is 8.55. The molecule has 4 nitrogen and oxygen atoms in total. The summed E-state index contributed by atoms with van der Waals surface area (Å²) in [5.74, 6) is 1.24. The van der Waals surface area contributed by atoms with Gasteiger partial charge >= 0.3 is 0 Å². The highest BCUT2D eigenvalue weighted by molar-refractivity contribution is 6.30. The Labute approximate surface area is 128 Å². The van der Waals surface area contributed by atoms with Crippen LogP contribution in [0.25, 0.3) is 0 Å². The first-order chi connectivity index (χ1) is 9.86. The molecule has 0 amide bonds. The first-order valence-corrected chi connectivity index (χ1v) is 6.94. The Balaban J connectivity index is 1.97. The molecule has 5 heteroatoms. The first-order valence-electron chi connectivity index (χ1n) is 6.56. The van der Waals surface area contributed by atoms with Gasteiger partial charge in [-0.05, 0) is 24.3 Å². The number of nitrogens with zero attached hydrogens (tertiary/aromatic N) is 1. The van der Waals surface area contributed by atoms with Crippen LogP contribution in [0, 0.1) is 0 Å². The Morgan fingerprint density at radius 1 is 1.29 bits per heavy atom. The van der Waals surface area contributed by atoms with E-state index < -0.39 is 0 Å². The maximum atomic E-state index is 11.9. The van der Waals surface area contributed by atoms with E-state index in [1.54, 1.807) is 30.5 Å². The average molecular weight is 305 g/mol. The van der Waals surface area contributed by atoms with Gasteiger partial charge in [0.1, 0.15) is 5.76 Å². The summed E-state index contributed by atoms with van der Waals surface area (Å²) in [5.41, 5.74) is 0.475. The molecule has 0 saturated carbocycles. The third-order valence-electron chi connectivity index (χ3n) is 2.84. The molecule has 0 aliphatic rings. The zero-order chi connectivity index (χ0) is 15.5. The van der Waals surface area contributed by atoms with Gasteiger partial charge in [0.05, 0.1) is 0 Å². The summed E-state index contributed by atoms with van der Waals surface area (Å²) in [6.45, 7) is 6.12. The number of aromatic nitrogens is 1. The minimum Gasteiger partial charge on any atom is -0.359 e. The van der Waals surface area contributed by atoms with Crippen LogP contribution in [-0.4, -0.2) is 10.9 Å². The number of halogens is 1. The molecule has 0 unspecified atom stereocenters. The minimum absolute atomic E-state index is 0.101. The van der Waals surface area contributed by atoms with Crippen molar-refractivity contribution in [3.63, 3.8) is 0 Å². The van der Waals surface area contributed by atoms with Crippen molar-refractivity contribution in [1.82, 2.24) is 5.16 Å². The maximum Gasteiger partial charge on any atom is 0.187 e. The molecular weight excluding hydrogens is 288 g/mol. The summed E-state index contributed by atoms with van der Waals surface area (Å²) in [6.07, 6.45) is 2.98. The van der Waals surface area contributed by atoms with E-state index >= 15 is 0 Å². The summed E-state index contributed by atoms with van der Waals surface area (Å²) in [5, 5.41) is 7.42. The van der Waals surface area contributed by atoms with Crippen LogP contribution in [0.4, 0.5) is 5.82 Å². The lowest BCUT2D eigenvalue weighted by molar-refractivity contribution is 0.104. The molecular formula is C16H17ClN2O2. The lowest BCUT2D eigenvalue weighted by Gasteiger charge is -2.11. The fourth-order valence-corrected chi connectivity index (χ4v) is 1.74. The smallest absolute Gasteiger partial charge is 0.187 e. The number of ketones is 1. The van der Waals surface area contributed by atoms with Gasteiger partial charge in [-0.2, -0.15) is 0 Å². The molecule has 0 spiro atoms. The number of allylic oxidation sites excluding steroid dienone is 1. The largest absolute Gasteiger partial charge is 0.359 e. The van der Waals surface area contributed by atoms with Crippen molar-refractivity contribution >= 4 is 23.2 Å². The van der Waals surface area contributed by atoms with Crippen molar-refractivity contribution in [1.29, 1.82) is 0 Å². The van der Waals surface area contributed by atoms with Gasteiger partial charge in [-0.25, -0.2) is 0 Å². The molecule has 1 aromatic carbocycles. The number of carbonyl (C=O) groups excluding carboxylic acids is 1. The normalized spacial score (nSPS) is 11.8. The third kappa shape index (κ3) is 4.20. The van der Waals surface area contributed by atoms with Crippen LogP contribution in [0.2, 0.25) is 5.02 Å². The zero-order valence-corrected chi connectivity index (χ0v) is 12.9. The maximum absolute atomic E-state index is 11.9. The highest BCUT2D eigenvalue weighted by Gasteiger charge is 2.19. The van der Waals surface area contributed by atoms with Crippen LogP contribution in [0.5, 0.6) is 0 Å². The lowest BCUT2D eigenvalue weighted by atomic mass is 9.93. The molecule has 0 atom stereocenters. The van der Waals surface area contributed by atoms with Crippen molar-refractivity contribution in [2.24, 2.45) is 0 Å². The van der Waals surface area contributed by atoms with E-state index in [0.29, 0.717) is 16.4 Å². The van der Waals surface area contributed by atoms with Crippen molar-refractivity contribution in [2.45, 2.75) is 26.2 Å². The third-order valence-corrected chi connectivity index (χ3v) is 3.10. The second-order valence-corrected chi connectivity index (χ2v) is 6.11. The van der Waals surface area contributed by atoms with Crippen LogP contribution < -0.4 is 5.32 Å². The van der Waals surface area contributed by atoms with Gasteiger partial charge in [0.15, 0.2) is 11.6 Å². The first kappa shape index (κ1) is 15.3. The molecule has 0 bridgehead atoms. The van der Waals surface area contributed by atoms with Gasteiger partial charge in [0, 0.05) is 34.3 Å². The number of hydrogen-bond acceptors (Lipinski definition) is 4. The Kier molecular flexibility index (Phi) is 4.48. The quantitative estimate of drug-likeness (QED) is 0.670. The van der Waals surface area contributed by atoms with Crippen molar-refractivity contribution in [2.75, 3.05) is 5.32 Å². The second kappa shape index (κ2) is 6.14. The number of carbonyl (C=O) groups is 1. The number of benzene rings is 1. The number of nitrogens with one attached hydrogen (secondary N) is 1. The molecule has 2 rings (SSSR count). The number of hydrogen-bond donors (Lipinski definition) is 1. The molecule has 0 fully saturated rings. The van der Waals surface area contributed by atoms with E-state index in [4.69, 9.17) is 16.1 Å². The Hall–Kier alpha value is -2.07. The van der Waals surface area contributed by atoms with E-state index in [2.05, 4.69) is 10.5 Å². The van der Waals surface area contributed by atoms with Gasteiger partial charge in [0.2, 0.25) is 0 Å². The Morgan fingerprint density at radius 3 is 2.52 bits per heavy atom. The zero-order valence-electron chi connectivity index (χ0n) is 12.2. The van der Waals surface area contributed by atoms with Crippen LogP contribution >= 0.6 is 11.6 Å². The SMILES string of the molecule is CC(C)(C)c1cc(N/C=C\C(=O)c2ccc(Cl)cc2)no1. The van der Waals surface area contributed by atoms with Gasteiger partial charge < -0.3 is 9.84 Å². The molecule has 0 saturated heterocycles. The molecule has 1 N–H and O–H groups in total. The molecule has 1 heterocycles. The van der Waals surface area contributed by atoms with E-state index in [-0.39, 0.29) is 11.2 Å². The molecule has 110 valence electrons. The molecule has 0 aliphatic heterocycles. The summed E-state index contributed by atoms with van der Waals surface area (Å²) in [7, 11) is 0. The Bertz CT molecular complexity index is 652. The van der Waals surface area contributed by atoms with Crippen LogP contribution in [-0.2, 0) is 5.41 Å². The number of rotatable bonds is 4. The summed E-state index contributed by atoms with van der Waals surface area (Å²) >= 11 is 5.78. The van der Waals surface area contributed by atoms with Gasteiger partial charge in [-0.3, -0.25) is 4.79 Å². The average Bonchev–Trinajstić information content (AvgIpc) is 2.88. The monoisotopic (exact) mass is 304 g/mol. The molecule has 1 aromatic heterocycles. The van der Waals surface area contributed by atoms with Crippen LogP contribution in [0.15, 0.2) is 47.1 Å². The van der Waals surface area contributed by atoms with Gasteiger partial charge in [-0.15, -0.1) is 0 Å². The van der Waals surface area contributed by atoms with Gasteiger partial charge in [0.25, 0.3) is 0 Å². The van der Waals surface area contributed by atoms with Gasteiger partial charge in [-0.1, -0.05) is 37.5 Å². The van der Waals surface area contributed by atoms with Crippen LogP contribution in [0.1, 0.15) is 36.9 Å². The fourth-order valence-electron chi connectivity index (χ4n) is 1.61. The standard InChI is InChI=1S/C16H17ClN2O2/c1-16(2,3)14-10-15(19-21-14)18-9-8-13(20)11-4-6-12(17)7-5-11/h4-10H,1-3H3,(H,18,19)/b9-8-. The van der Waals surface area contributed by atoms with Crippen LogP contribution in [0.3, 0.4) is 0 Å². The number of anilines is 1. The summed E-state index contributed by atoms with van der Waals surface area (Å²) in [4.78, 5) is 11.9. The highest BCUT2D eigenvalue weighted by Crippen LogP contribution is 2.24. The minimum atomic E-state index is -0.112. The molecule has 0 radical (unpaired) electrons. The van der Waals surface area contributed by atoms with Crippen molar-refractivity contribution in [3.05, 3.63) is 59.0 Å². The predicted molar refractivity (Wildman–Crippen MR) is 83.7 cm³/mol. The Morgan fingerprint density at radius 2 is 1.95 bits per heavy atom. The van der Waals surface area contributed by atoms with E-state index in [9.17, 15) is 4.79 Å². The summed E-state index contributed by atoms with van der Waals surface area (Å²) < 4.78 is 5.24. The topological polar surface area (TPSA) is 55.1 Å². The predicted octanol–water partition coefficient (Wildman–Crippen LogP) is 4.43. The fraction of sp³-hybridized carbons (Fsp3) is 0.250. The lowest BCUT2D eigenvalue weighted by Crippen LogP contribution is -2.09. The second-order valence-electron chi connectivity index (χ2n) is 5.68. The van der Waals surface area contributed by atoms with Crippen molar-refractivity contribution in [3.8, 4) is 0 Å².